The van der Waals surface area contributed by atoms with Crippen LogP contribution in [0, 0.1) is 0 Å². The highest BCUT2D eigenvalue weighted by atomic mass is 19.4. The standard InChI is InChI=1S/C11H13F3N2O/c12-11(13,14)10(17)16-8-5-6-3-1-2-4-7(6)9(8)15/h1-4,8-10,16-17H,5,15H2. The minimum atomic E-state index is -4.67. The fourth-order valence-corrected chi connectivity index (χ4v) is 2.09. The van der Waals surface area contributed by atoms with Crippen molar-refractivity contribution in [3.8, 4) is 0 Å². The maximum Gasteiger partial charge on any atom is 0.427 e. The molecule has 0 amide bonds. The Kier molecular flexibility index (Phi) is 3.11. The molecule has 3 nitrogen and oxygen atoms in total. The normalized spacial score (nSPS) is 25.7. The van der Waals surface area contributed by atoms with Crippen LogP contribution in [0.5, 0.6) is 0 Å². The van der Waals surface area contributed by atoms with Crippen molar-refractivity contribution < 1.29 is 18.3 Å². The van der Waals surface area contributed by atoms with Gasteiger partial charge in [0.2, 0.25) is 6.23 Å². The summed E-state index contributed by atoms with van der Waals surface area (Å²) in [4.78, 5) is 0. The van der Waals surface area contributed by atoms with Crippen LogP contribution in [0.2, 0.25) is 0 Å². The Morgan fingerprint density at radius 3 is 2.59 bits per heavy atom. The van der Waals surface area contributed by atoms with E-state index in [0.717, 1.165) is 11.1 Å². The lowest BCUT2D eigenvalue weighted by Crippen LogP contribution is -2.50. The number of hydrogen-bond acceptors (Lipinski definition) is 3. The molecule has 0 saturated carbocycles. The molecule has 0 aromatic heterocycles. The molecule has 3 atom stereocenters. The van der Waals surface area contributed by atoms with Gasteiger partial charge < -0.3 is 10.8 Å². The molecule has 0 radical (unpaired) electrons. The van der Waals surface area contributed by atoms with E-state index in [2.05, 4.69) is 5.32 Å². The maximum atomic E-state index is 12.2. The Labute approximate surface area is 96.4 Å². The average Bonchev–Trinajstić information content (AvgIpc) is 2.55. The molecule has 1 aromatic carbocycles. The fraction of sp³-hybridized carbons (Fsp3) is 0.455. The van der Waals surface area contributed by atoms with Gasteiger partial charge in [-0.3, -0.25) is 5.32 Å². The van der Waals surface area contributed by atoms with Crippen LogP contribution in [0.1, 0.15) is 17.2 Å². The number of rotatable bonds is 2. The van der Waals surface area contributed by atoms with E-state index in [-0.39, 0.29) is 0 Å². The molecule has 17 heavy (non-hydrogen) atoms. The first kappa shape index (κ1) is 12.3. The van der Waals surface area contributed by atoms with Crippen molar-refractivity contribution in [1.29, 1.82) is 0 Å². The summed E-state index contributed by atoms with van der Waals surface area (Å²) in [6.07, 6.45) is -6.81. The molecule has 0 aliphatic heterocycles. The maximum absolute atomic E-state index is 12.2. The number of aliphatic hydroxyl groups is 1. The molecule has 0 heterocycles. The summed E-state index contributed by atoms with van der Waals surface area (Å²) in [6, 6.07) is 6.11. The summed E-state index contributed by atoms with van der Waals surface area (Å²) in [5.41, 5.74) is 7.60. The van der Waals surface area contributed by atoms with E-state index in [9.17, 15) is 13.2 Å². The highest BCUT2D eigenvalue weighted by Crippen LogP contribution is 2.30. The molecule has 0 fully saturated rings. The lowest BCUT2D eigenvalue weighted by atomic mass is 10.1. The van der Waals surface area contributed by atoms with Crippen molar-refractivity contribution in [2.45, 2.75) is 30.9 Å². The van der Waals surface area contributed by atoms with Gasteiger partial charge in [0.1, 0.15) is 0 Å². The van der Waals surface area contributed by atoms with Crippen molar-refractivity contribution in [3.63, 3.8) is 0 Å². The zero-order valence-corrected chi connectivity index (χ0v) is 8.91. The first-order chi connectivity index (χ1) is 7.89. The molecule has 1 aromatic rings. The van der Waals surface area contributed by atoms with E-state index in [1.54, 1.807) is 12.1 Å². The largest absolute Gasteiger partial charge is 0.427 e. The first-order valence-corrected chi connectivity index (χ1v) is 5.24. The van der Waals surface area contributed by atoms with Gasteiger partial charge in [-0.2, -0.15) is 13.2 Å². The van der Waals surface area contributed by atoms with Crippen LogP contribution in [-0.4, -0.2) is 23.6 Å². The van der Waals surface area contributed by atoms with Gasteiger partial charge in [0.05, 0.1) is 0 Å². The second-order valence-corrected chi connectivity index (χ2v) is 4.15. The van der Waals surface area contributed by atoms with Crippen LogP contribution in [-0.2, 0) is 6.42 Å². The number of halogens is 3. The van der Waals surface area contributed by atoms with E-state index < -0.39 is 24.5 Å². The van der Waals surface area contributed by atoms with Gasteiger partial charge in [-0.05, 0) is 17.5 Å². The number of benzene rings is 1. The van der Waals surface area contributed by atoms with Gasteiger partial charge in [0, 0.05) is 12.1 Å². The van der Waals surface area contributed by atoms with Crippen molar-refractivity contribution in [1.82, 2.24) is 5.32 Å². The summed E-state index contributed by atoms with van der Waals surface area (Å²) in [7, 11) is 0. The van der Waals surface area contributed by atoms with E-state index >= 15 is 0 Å². The van der Waals surface area contributed by atoms with Gasteiger partial charge >= 0.3 is 6.18 Å². The Bertz CT molecular complexity index is 408. The van der Waals surface area contributed by atoms with Gasteiger partial charge in [0.25, 0.3) is 0 Å². The van der Waals surface area contributed by atoms with Crippen LogP contribution >= 0.6 is 0 Å². The lowest BCUT2D eigenvalue weighted by Gasteiger charge is -2.23. The van der Waals surface area contributed by atoms with Crippen LogP contribution in [0.4, 0.5) is 13.2 Å². The molecular formula is C11H13F3N2O. The number of nitrogens with two attached hydrogens (primary N) is 1. The zero-order valence-electron chi connectivity index (χ0n) is 8.91. The Morgan fingerprint density at radius 2 is 2.00 bits per heavy atom. The molecule has 2 rings (SSSR count). The molecule has 4 N–H and O–H groups in total. The van der Waals surface area contributed by atoms with Gasteiger partial charge in [0.15, 0.2) is 0 Å². The molecule has 0 spiro atoms. The second-order valence-electron chi connectivity index (χ2n) is 4.15. The smallest absolute Gasteiger partial charge is 0.370 e. The van der Waals surface area contributed by atoms with Crippen LogP contribution in [0.15, 0.2) is 24.3 Å². The van der Waals surface area contributed by atoms with Gasteiger partial charge in [-0.1, -0.05) is 24.3 Å². The van der Waals surface area contributed by atoms with Crippen LogP contribution < -0.4 is 11.1 Å². The molecule has 6 heteroatoms. The van der Waals surface area contributed by atoms with Crippen molar-refractivity contribution in [2.24, 2.45) is 5.73 Å². The molecular weight excluding hydrogens is 233 g/mol. The lowest BCUT2D eigenvalue weighted by molar-refractivity contribution is -0.216. The van der Waals surface area contributed by atoms with Crippen LogP contribution in [0.25, 0.3) is 0 Å². The quantitative estimate of drug-likeness (QED) is 0.684. The Morgan fingerprint density at radius 1 is 1.35 bits per heavy atom. The monoisotopic (exact) mass is 246 g/mol. The summed E-state index contributed by atoms with van der Waals surface area (Å²) in [6.45, 7) is 0. The second kappa shape index (κ2) is 4.29. The third kappa shape index (κ3) is 2.43. The van der Waals surface area contributed by atoms with E-state index in [0.29, 0.717) is 6.42 Å². The highest BCUT2D eigenvalue weighted by molar-refractivity contribution is 5.36. The molecule has 0 saturated heterocycles. The topological polar surface area (TPSA) is 58.3 Å². The minimum Gasteiger partial charge on any atom is -0.370 e. The summed E-state index contributed by atoms with van der Waals surface area (Å²) in [5.74, 6) is 0. The first-order valence-electron chi connectivity index (χ1n) is 5.24. The molecule has 3 unspecified atom stereocenters. The Hall–Kier alpha value is -1.11. The van der Waals surface area contributed by atoms with Crippen molar-refractivity contribution in [2.75, 3.05) is 0 Å². The van der Waals surface area contributed by atoms with Crippen molar-refractivity contribution in [3.05, 3.63) is 35.4 Å². The summed E-state index contributed by atoms with van der Waals surface area (Å²) in [5, 5.41) is 11.1. The molecule has 1 aliphatic carbocycles. The number of aliphatic hydroxyl groups excluding tert-OH is 1. The van der Waals surface area contributed by atoms with Crippen molar-refractivity contribution >= 4 is 0 Å². The number of fused-ring (bicyclic) bond motifs is 1. The van der Waals surface area contributed by atoms with Crippen LogP contribution in [0.3, 0.4) is 0 Å². The van der Waals surface area contributed by atoms with Gasteiger partial charge in [-0.15, -0.1) is 0 Å². The molecule has 94 valence electrons. The zero-order chi connectivity index (χ0) is 12.6. The third-order valence-electron chi connectivity index (χ3n) is 2.97. The average molecular weight is 246 g/mol. The highest BCUT2D eigenvalue weighted by Gasteiger charge is 2.41. The number of nitrogens with one attached hydrogen (secondary N) is 1. The minimum absolute atomic E-state index is 0.393. The third-order valence-corrected chi connectivity index (χ3v) is 2.97. The molecule has 0 bridgehead atoms. The SMILES string of the molecule is NC1c2ccccc2CC1NC(O)C(F)(F)F. The number of hydrogen-bond donors (Lipinski definition) is 3. The number of alkyl halides is 3. The van der Waals surface area contributed by atoms with E-state index in [1.165, 1.54) is 0 Å². The Balaban J connectivity index is 2.08. The fourth-order valence-electron chi connectivity index (χ4n) is 2.09. The summed E-state index contributed by atoms with van der Waals surface area (Å²) >= 11 is 0. The van der Waals surface area contributed by atoms with Gasteiger partial charge in [-0.25, -0.2) is 0 Å². The molecule has 1 aliphatic rings. The predicted octanol–water partition coefficient (Wildman–Crippen LogP) is 1.08. The predicted molar refractivity (Wildman–Crippen MR) is 56.1 cm³/mol. The van der Waals surface area contributed by atoms with E-state index in [4.69, 9.17) is 10.8 Å². The summed E-state index contributed by atoms with van der Waals surface area (Å²) < 4.78 is 36.6. The van der Waals surface area contributed by atoms with E-state index in [1.807, 2.05) is 12.1 Å².